The Labute approximate surface area is 112 Å². The van der Waals surface area contributed by atoms with Crippen molar-refractivity contribution < 1.29 is 0 Å². The Morgan fingerprint density at radius 2 is 1.68 bits per heavy atom. The molecule has 0 saturated heterocycles. The molecular weight excluding hydrogens is 234 g/mol. The Kier molecular flexibility index (Phi) is 3.02. The molecule has 2 heterocycles. The zero-order valence-corrected chi connectivity index (χ0v) is 10.6. The van der Waals surface area contributed by atoms with Crippen LogP contribution in [0.1, 0.15) is 18.2 Å². The molecule has 0 unspecified atom stereocenters. The van der Waals surface area contributed by atoms with E-state index in [-0.39, 0.29) is 0 Å². The van der Waals surface area contributed by atoms with E-state index < -0.39 is 0 Å². The maximum Gasteiger partial charge on any atom is 0.126 e. The van der Waals surface area contributed by atoms with Gasteiger partial charge in [0.2, 0.25) is 0 Å². The van der Waals surface area contributed by atoms with Gasteiger partial charge in [0.25, 0.3) is 0 Å². The largest absolute Gasteiger partial charge is 0.255 e. The van der Waals surface area contributed by atoms with Crippen molar-refractivity contribution in [1.82, 2.24) is 4.98 Å². The highest BCUT2D eigenvalue weighted by Gasteiger charge is 2.16. The van der Waals surface area contributed by atoms with Gasteiger partial charge in [-0.25, -0.2) is 9.98 Å². The molecule has 3 rings (SSSR count). The van der Waals surface area contributed by atoms with Gasteiger partial charge in [-0.1, -0.05) is 36.4 Å². The average molecular weight is 247 g/mol. The first-order valence-electron chi connectivity index (χ1n) is 6.15. The first-order valence-corrected chi connectivity index (χ1v) is 6.15. The Balaban J connectivity index is 2.02. The molecule has 92 valence electrons. The number of benzene rings is 1. The maximum absolute atomic E-state index is 4.48. The number of aromatic nitrogens is 1. The molecule has 0 bridgehead atoms. The van der Waals surface area contributed by atoms with Gasteiger partial charge in [0.15, 0.2) is 0 Å². The van der Waals surface area contributed by atoms with E-state index in [4.69, 9.17) is 0 Å². The van der Waals surface area contributed by atoms with Crippen LogP contribution in [0.3, 0.4) is 0 Å². The Morgan fingerprint density at radius 3 is 2.42 bits per heavy atom. The summed E-state index contributed by atoms with van der Waals surface area (Å²) in [7, 11) is 0. The summed E-state index contributed by atoms with van der Waals surface area (Å²) in [4.78, 5) is 13.3. The fourth-order valence-corrected chi connectivity index (χ4v) is 1.97. The standard InChI is InChI=1S/C16H13N3/c1-12-18-15(11-13-7-3-2-4-8-13)16(19-12)14-9-5-6-10-17-14/h2-11H,1H3. The van der Waals surface area contributed by atoms with Crippen molar-refractivity contribution in [2.45, 2.75) is 6.92 Å². The quantitative estimate of drug-likeness (QED) is 0.802. The zero-order valence-electron chi connectivity index (χ0n) is 10.6. The van der Waals surface area contributed by atoms with Crippen LogP contribution in [0.25, 0.3) is 6.08 Å². The predicted octanol–water partition coefficient (Wildman–Crippen LogP) is 3.34. The summed E-state index contributed by atoms with van der Waals surface area (Å²) in [6, 6.07) is 15.9. The number of allylic oxidation sites excluding steroid dienone is 1. The number of hydrogen-bond acceptors (Lipinski definition) is 3. The molecule has 0 aliphatic carbocycles. The fourth-order valence-electron chi connectivity index (χ4n) is 1.97. The summed E-state index contributed by atoms with van der Waals surface area (Å²) in [5.74, 6) is 0.767. The molecule has 1 aliphatic heterocycles. The van der Waals surface area contributed by atoms with Crippen LogP contribution in [-0.4, -0.2) is 16.5 Å². The Bertz CT molecular complexity index is 668. The van der Waals surface area contributed by atoms with Crippen LogP contribution in [0.15, 0.2) is 70.4 Å². The summed E-state index contributed by atoms with van der Waals surface area (Å²) in [6.07, 6.45) is 3.80. The normalized spacial score (nSPS) is 16.4. The fraction of sp³-hybridized carbons (Fsp3) is 0.0625. The second kappa shape index (κ2) is 4.98. The van der Waals surface area contributed by atoms with E-state index in [1.807, 2.05) is 61.5 Å². The topological polar surface area (TPSA) is 37.6 Å². The third kappa shape index (κ3) is 2.50. The van der Waals surface area contributed by atoms with E-state index in [0.29, 0.717) is 0 Å². The van der Waals surface area contributed by atoms with Crippen LogP contribution in [0.5, 0.6) is 0 Å². The molecule has 19 heavy (non-hydrogen) atoms. The van der Waals surface area contributed by atoms with E-state index in [1.165, 1.54) is 0 Å². The van der Waals surface area contributed by atoms with Gasteiger partial charge in [-0.15, -0.1) is 0 Å². The van der Waals surface area contributed by atoms with Crippen LogP contribution in [0, 0.1) is 0 Å². The van der Waals surface area contributed by atoms with Crippen LogP contribution in [0.2, 0.25) is 0 Å². The maximum atomic E-state index is 4.48. The molecule has 0 amide bonds. The van der Waals surface area contributed by atoms with Gasteiger partial charge in [0, 0.05) is 6.20 Å². The highest BCUT2D eigenvalue weighted by atomic mass is 15.0. The van der Waals surface area contributed by atoms with Gasteiger partial charge in [-0.2, -0.15) is 0 Å². The van der Waals surface area contributed by atoms with Gasteiger partial charge in [-0.3, -0.25) is 4.98 Å². The van der Waals surface area contributed by atoms with Crippen LogP contribution >= 0.6 is 0 Å². The minimum absolute atomic E-state index is 0.767. The van der Waals surface area contributed by atoms with Crippen LogP contribution in [0.4, 0.5) is 0 Å². The molecule has 3 nitrogen and oxygen atoms in total. The second-order valence-corrected chi connectivity index (χ2v) is 4.27. The molecule has 1 aromatic heterocycles. The molecule has 2 aromatic rings. The van der Waals surface area contributed by atoms with Crippen molar-refractivity contribution in [3.8, 4) is 0 Å². The molecule has 0 atom stereocenters. The van der Waals surface area contributed by atoms with Crippen LogP contribution in [-0.2, 0) is 0 Å². The summed E-state index contributed by atoms with van der Waals surface area (Å²) in [5, 5.41) is 0. The van der Waals surface area contributed by atoms with Crippen LogP contribution < -0.4 is 0 Å². The number of aliphatic imine (C=N–C) groups is 2. The SMILES string of the molecule is CC1=NC(=Cc2ccccc2)C(c2ccccn2)=N1. The third-order valence-corrected chi connectivity index (χ3v) is 2.81. The molecule has 0 spiro atoms. The molecular formula is C16H13N3. The molecule has 3 heteroatoms. The summed E-state index contributed by atoms with van der Waals surface area (Å²) in [6.45, 7) is 1.90. The van der Waals surface area contributed by atoms with Crippen molar-refractivity contribution in [3.05, 3.63) is 71.7 Å². The molecule has 0 N–H and O–H groups in total. The minimum atomic E-state index is 0.767. The van der Waals surface area contributed by atoms with E-state index in [1.54, 1.807) is 6.20 Å². The van der Waals surface area contributed by atoms with Gasteiger partial charge in [0.05, 0.1) is 11.4 Å². The molecule has 0 fully saturated rings. The van der Waals surface area contributed by atoms with Crippen molar-refractivity contribution in [1.29, 1.82) is 0 Å². The highest BCUT2D eigenvalue weighted by Crippen LogP contribution is 2.18. The predicted molar refractivity (Wildman–Crippen MR) is 78.3 cm³/mol. The van der Waals surface area contributed by atoms with Gasteiger partial charge in [0.1, 0.15) is 11.5 Å². The lowest BCUT2D eigenvalue weighted by Crippen LogP contribution is -2.02. The first kappa shape index (κ1) is 11.5. The van der Waals surface area contributed by atoms with Gasteiger partial charge < -0.3 is 0 Å². The highest BCUT2D eigenvalue weighted by molar-refractivity contribution is 6.21. The monoisotopic (exact) mass is 247 g/mol. The van der Waals surface area contributed by atoms with E-state index in [2.05, 4.69) is 15.0 Å². The van der Waals surface area contributed by atoms with Crippen molar-refractivity contribution in [3.63, 3.8) is 0 Å². The number of rotatable bonds is 2. The van der Waals surface area contributed by atoms with E-state index >= 15 is 0 Å². The van der Waals surface area contributed by atoms with Crippen molar-refractivity contribution in [2.75, 3.05) is 0 Å². The summed E-state index contributed by atoms with van der Waals surface area (Å²) >= 11 is 0. The number of nitrogens with zero attached hydrogens (tertiary/aromatic N) is 3. The minimum Gasteiger partial charge on any atom is -0.255 e. The van der Waals surface area contributed by atoms with Crippen molar-refractivity contribution in [2.24, 2.45) is 9.98 Å². The number of amidine groups is 1. The Hall–Kier alpha value is -2.55. The Morgan fingerprint density at radius 1 is 0.895 bits per heavy atom. The smallest absolute Gasteiger partial charge is 0.126 e. The van der Waals surface area contributed by atoms with E-state index in [0.717, 1.165) is 28.5 Å². The van der Waals surface area contributed by atoms with Gasteiger partial charge in [-0.05, 0) is 30.7 Å². The average Bonchev–Trinajstić information content (AvgIpc) is 2.82. The number of hydrogen-bond donors (Lipinski definition) is 0. The lowest BCUT2D eigenvalue weighted by molar-refractivity contribution is 1.29. The lowest BCUT2D eigenvalue weighted by atomic mass is 10.1. The second-order valence-electron chi connectivity index (χ2n) is 4.27. The molecule has 1 aromatic carbocycles. The van der Waals surface area contributed by atoms with Crippen molar-refractivity contribution >= 4 is 17.6 Å². The molecule has 1 aliphatic rings. The zero-order chi connectivity index (χ0) is 13.1. The third-order valence-electron chi connectivity index (χ3n) is 2.81. The summed E-state index contributed by atoms with van der Waals surface area (Å²) < 4.78 is 0. The molecule has 0 saturated carbocycles. The number of pyridine rings is 1. The lowest BCUT2D eigenvalue weighted by Gasteiger charge is -2.01. The first-order chi connectivity index (χ1) is 9.33. The molecule has 0 radical (unpaired) electrons. The van der Waals surface area contributed by atoms with E-state index in [9.17, 15) is 0 Å². The van der Waals surface area contributed by atoms with Gasteiger partial charge >= 0.3 is 0 Å². The summed E-state index contributed by atoms with van der Waals surface area (Å²) in [5.41, 5.74) is 3.66.